The molecule has 1 saturated heterocycles. The predicted molar refractivity (Wildman–Crippen MR) is 59.1 cm³/mol. The Kier molecular flexibility index (Phi) is 2.72. The van der Waals surface area contributed by atoms with E-state index in [0.29, 0.717) is 4.73 Å². The molecule has 1 aliphatic heterocycles. The fourth-order valence-corrected chi connectivity index (χ4v) is 2.17. The first-order valence-corrected chi connectivity index (χ1v) is 5.70. The van der Waals surface area contributed by atoms with E-state index in [0.717, 1.165) is 6.33 Å². The molecule has 0 spiro atoms. The highest BCUT2D eigenvalue weighted by Gasteiger charge is 2.37. The van der Waals surface area contributed by atoms with Gasteiger partial charge in [0.05, 0.1) is 19.0 Å². The Bertz CT molecular complexity index is 669. The minimum Gasteiger partial charge on any atom is -0.425 e. The quantitative estimate of drug-likeness (QED) is 0.641. The van der Waals surface area contributed by atoms with E-state index in [2.05, 4.69) is 9.97 Å². The molecule has 102 valence electrons. The van der Waals surface area contributed by atoms with Crippen LogP contribution in [0.15, 0.2) is 12.7 Å². The van der Waals surface area contributed by atoms with E-state index in [4.69, 9.17) is 15.3 Å². The van der Waals surface area contributed by atoms with Crippen LogP contribution in [0.2, 0.25) is 0 Å². The van der Waals surface area contributed by atoms with E-state index in [-0.39, 0.29) is 29.7 Å². The van der Waals surface area contributed by atoms with Gasteiger partial charge in [-0.25, -0.2) is 14.4 Å². The summed E-state index contributed by atoms with van der Waals surface area (Å²) in [4.78, 5) is 7.85. The van der Waals surface area contributed by atoms with Crippen LogP contribution in [0.1, 0.15) is 12.6 Å². The van der Waals surface area contributed by atoms with E-state index in [1.807, 2.05) is 0 Å². The van der Waals surface area contributed by atoms with E-state index in [1.165, 1.54) is 10.9 Å². The largest absolute Gasteiger partial charge is 0.425 e. The van der Waals surface area contributed by atoms with Gasteiger partial charge in [-0.2, -0.15) is 4.73 Å². The van der Waals surface area contributed by atoms with Crippen molar-refractivity contribution in [2.45, 2.75) is 24.9 Å². The number of halogens is 1. The van der Waals surface area contributed by atoms with Crippen molar-refractivity contribution in [3.8, 4) is 0 Å². The van der Waals surface area contributed by atoms with Crippen LogP contribution < -0.4 is 5.49 Å². The molecule has 0 bridgehead atoms. The molecule has 0 radical (unpaired) electrons. The van der Waals surface area contributed by atoms with Gasteiger partial charge in [0.25, 0.3) is 0 Å². The SMILES string of the molecule is N=c1c2ncn(C3OC(CO)CC3F)c2ncn1O. The molecule has 9 heteroatoms. The summed E-state index contributed by atoms with van der Waals surface area (Å²) in [5, 5.41) is 25.9. The lowest BCUT2D eigenvalue weighted by molar-refractivity contribution is -0.0351. The van der Waals surface area contributed by atoms with Crippen LogP contribution in [0.3, 0.4) is 0 Å². The summed E-state index contributed by atoms with van der Waals surface area (Å²) < 4.78 is 21.2. The van der Waals surface area contributed by atoms with Gasteiger partial charge in [-0.1, -0.05) is 0 Å². The van der Waals surface area contributed by atoms with E-state index in [1.54, 1.807) is 0 Å². The summed E-state index contributed by atoms with van der Waals surface area (Å²) in [5.74, 6) is 0. The number of nitrogens with one attached hydrogen (secondary N) is 1. The zero-order valence-corrected chi connectivity index (χ0v) is 9.77. The highest BCUT2D eigenvalue weighted by atomic mass is 19.1. The second kappa shape index (κ2) is 4.28. The van der Waals surface area contributed by atoms with Crippen LogP contribution in [0.25, 0.3) is 11.2 Å². The molecule has 19 heavy (non-hydrogen) atoms. The average molecular weight is 269 g/mol. The molecule has 8 nitrogen and oxygen atoms in total. The van der Waals surface area contributed by atoms with Gasteiger partial charge in [-0.05, 0) is 0 Å². The fourth-order valence-electron chi connectivity index (χ4n) is 2.17. The summed E-state index contributed by atoms with van der Waals surface area (Å²) in [5.41, 5.74) is 0.158. The Balaban J connectivity index is 2.07. The van der Waals surface area contributed by atoms with Gasteiger partial charge in [0.1, 0.15) is 12.5 Å². The minimum atomic E-state index is -1.29. The number of hydrogen-bond acceptors (Lipinski definition) is 6. The zero-order valence-electron chi connectivity index (χ0n) is 9.77. The summed E-state index contributed by atoms with van der Waals surface area (Å²) >= 11 is 0. The Labute approximate surface area is 106 Å². The highest BCUT2D eigenvalue weighted by Crippen LogP contribution is 2.32. The first-order chi connectivity index (χ1) is 9.11. The molecule has 3 atom stereocenters. The second-order valence-corrected chi connectivity index (χ2v) is 4.34. The molecule has 2 aromatic rings. The van der Waals surface area contributed by atoms with Crippen LogP contribution in [0.5, 0.6) is 0 Å². The molecular formula is C10H12FN5O3. The number of alkyl halides is 1. The normalized spacial score (nSPS) is 27.2. The van der Waals surface area contributed by atoms with Gasteiger partial charge in [-0.15, -0.1) is 0 Å². The zero-order chi connectivity index (χ0) is 13.6. The first-order valence-electron chi connectivity index (χ1n) is 5.70. The molecule has 1 fully saturated rings. The van der Waals surface area contributed by atoms with Crippen molar-refractivity contribution in [3.63, 3.8) is 0 Å². The molecular weight excluding hydrogens is 257 g/mol. The lowest BCUT2D eigenvalue weighted by Crippen LogP contribution is -2.21. The smallest absolute Gasteiger partial charge is 0.192 e. The van der Waals surface area contributed by atoms with Crippen LogP contribution in [0.4, 0.5) is 4.39 Å². The third-order valence-electron chi connectivity index (χ3n) is 3.12. The van der Waals surface area contributed by atoms with Crippen molar-refractivity contribution in [2.75, 3.05) is 6.61 Å². The lowest BCUT2D eigenvalue weighted by atomic mass is 10.2. The Morgan fingerprint density at radius 2 is 2.26 bits per heavy atom. The molecule has 3 unspecified atom stereocenters. The number of aromatic nitrogens is 4. The van der Waals surface area contributed by atoms with Crippen molar-refractivity contribution in [3.05, 3.63) is 18.1 Å². The molecule has 1 aliphatic rings. The maximum atomic E-state index is 13.9. The van der Waals surface area contributed by atoms with Crippen LogP contribution >= 0.6 is 0 Å². The average Bonchev–Trinajstić information content (AvgIpc) is 2.97. The lowest BCUT2D eigenvalue weighted by Gasteiger charge is -2.15. The van der Waals surface area contributed by atoms with Gasteiger partial charge in [-0.3, -0.25) is 9.98 Å². The Morgan fingerprint density at radius 3 is 2.95 bits per heavy atom. The number of hydrogen-bond donors (Lipinski definition) is 3. The number of nitrogens with zero attached hydrogens (tertiary/aromatic N) is 4. The number of rotatable bonds is 2. The number of fused-ring (bicyclic) bond motifs is 1. The predicted octanol–water partition coefficient (Wildman–Crippen LogP) is -0.433. The monoisotopic (exact) mass is 269 g/mol. The molecule has 0 aromatic carbocycles. The topological polar surface area (TPSA) is 109 Å². The van der Waals surface area contributed by atoms with E-state index in [9.17, 15) is 9.60 Å². The van der Waals surface area contributed by atoms with Crippen LogP contribution in [-0.4, -0.2) is 48.5 Å². The standard InChI is InChI=1S/C10H12FN5O3/c11-6-1-5(2-17)19-10(6)15-3-13-7-8(12)16(18)4-14-9(7)15/h3-6,10,12,17-18H,1-2H2. The molecule has 2 aromatic heterocycles. The summed E-state index contributed by atoms with van der Waals surface area (Å²) in [6.07, 6.45) is -0.321. The number of ether oxygens (including phenoxy) is 1. The number of imidazole rings is 1. The minimum absolute atomic E-state index is 0.0986. The van der Waals surface area contributed by atoms with Gasteiger partial charge < -0.3 is 15.1 Å². The van der Waals surface area contributed by atoms with Crippen molar-refractivity contribution >= 4 is 11.2 Å². The highest BCUT2D eigenvalue weighted by molar-refractivity contribution is 5.68. The molecule has 0 amide bonds. The third kappa shape index (κ3) is 1.78. The summed E-state index contributed by atoms with van der Waals surface area (Å²) in [6, 6.07) is 0. The molecule has 0 aliphatic carbocycles. The number of aliphatic hydroxyl groups excluding tert-OH is 1. The van der Waals surface area contributed by atoms with Crippen LogP contribution in [0, 0.1) is 5.41 Å². The Hall–Kier alpha value is -2.00. The Morgan fingerprint density at radius 1 is 1.47 bits per heavy atom. The van der Waals surface area contributed by atoms with Crippen molar-refractivity contribution in [1.29, 1.82) is 5.41 Å². The summed E-state index contributed by atoms with van der Waals surface area (Å²) in [7, 11) is 0. The molecule has 3 N–H and O–H groups in total. The molecule has 3 heterocycles. The van der Waals surface area contributed by atoms with Gasteiger partial charge in [0.2, 0.25) is 0 Å². The fraction of sp³-hybridized carbons (Fsp3) is 0.500. The van der Waals surface area contributed by atoms with Gasteiger partial charge in [0, 0.05) is 6.42 Å². The third-order valence-corrected chi connectivity index (χ3v) is 3.12. The number of aliphatic hydroxyl groups is 1. The molecule has 0 saturated carbocycles. The van der Waals surface area contributed by atoms with Crippen molar-refractivity contribution < 1.29 is 19.4 Å². The van der Waals surface area contributed by atoms with Crippen molar-refractivity contribution in [2.24, 2.45) is 0 Å². The maximum Gasteiger partial charge on any atom is 0.192 e. The first kappa shape index (κ1) is 12.1. The second-order valence-electron chi connectivity index (χ2n) is 4.34. The van der Waals surface area contributed by atoms with Crippen LogP contribution in [-0.2, 0) is 4.74 Å². The maximum absolute atomic E-state index is 13.9. The summed E-state index contributed by atoms with van der Waals surface area (Å²) in [6.45, 7) is -0.253. The van der Waals surface area contributed by atoms with Crippen molar-refractivity contribution in [1.82, 2.24) is 19.3 Å². The van der Waals surface area contributed by atoms with E-state index < -0.39 is 18.5 Å². The molecule has 3 rings (SSSR count). The van der Waals surface area contributed by atoms with Gasteiger partial charge >= 0.3 is 0 Å². The van der Waals surface area contributed by atoms with E-state index >= 15 is 0 Å². The van der Waals surface area contributed by atoms with Gasteiger partial charge in [0.15, 0.2) is 22.9 Å².